The van der Waals surface area contributed by atoms with E-state index in [-0.39, 0.29) is 5.78 Å². The number of Topliss-reactive ketones (excluding diaryl/α,β-unsaturated/α-hetero) is 1. The van der Waals surface area contributed by atoms with E-state index in [1.165, 1.54) is 5.56 Å². The predicted molar refractivity (Wildman–Crippen MR) is 59.6 cm³/mol. The van der Waals surface area contributed by atoms with Gasteiger partial charge in [0.25, 0.3) is 0 Å². The summed E-state index contributed by atoms with van der Waals surface area (Å²) in [5.74, 6) is 0.281. The molecule has 0 spiro atoms. The van der Waals surface area contributed by atoms with Crippen molar-refractivity contribution in [3.8, 4) is 0 Å². The van der Waals surface area contributed by atoms with Gasteiger partial charge in [0.1, 0.15) is 0 Å². The summed E-state index contributed by atoms with van der Waals surface area (Å²) in [5, 5.41) is 3.12. The molecule has 0 radical (unpaired) electrons. The molecule has 80 valence electrons. The highest BCUT2D eigenvalue weighted by Gasteiger charge is 2.14. The number of carbonyl (C=O) groups is 1. The Kier molecular flexibility index (Phi) is 3.48. The van der Waals surface area contributed by atoms with E-state index < -0.39 is 0 Å². The van der Waals surface area contributed by atoms with E-state index in [1.807, 2.05) is 18.2 Å². The first-order valence-corrected chi connectivity index (χ1v) is 5.33. The van der Waals surface area contributed by atoms with Crippen molar-refractivity contribution in [2.24, 2.45) is 0 Å². The van der Waals surface area contributed by atoms with Crippen LogP contribution in [0.15, 0.2) is 30.3 Å². The van der Waals surface area contributed by atoms with Crippen LogP contribution in [0, 0.1) is 0 Å². The van der Waals surface area contributed by atoms with Crippen LogP contribution in [0.25, 0.3) is 0 Å². The van der Waals surface area contributed by atoms with Crippen LogP contribution in [0.2, 0.25) is 0 Å². The zero-order valence-corrected chi connectivity index (χ0v) is 8.78. The molecule has 1 heterocycles. The third-order valence-electron chi connectivity index (χ3n) is 2.58. The zero-order chi connectivity index (χ0) is 10.5. The summed E-state index contributed by atoms with van der Waals surface area (Å²) in [6.07, 6.45) is 0. The van der Waals surface area contributed by atoms with Gasteiger partial charge in [-0.05, 0) is 5.56 Å². The van der Waals surface area contributed by atoms with E-state index >= 15 is 0 Å². The largest absolute Gasteiger partial charge is 0.309 e. The Hall–Kier alpha value is -1.19. The molecule has 1 aliphatic heterocycles. The van der Waals surface area contributed by atoms with Crippen LogP contribution in [0.4, 0.5) is 0 Å². The first kappa shape index (κ1) is 10.3. The second kappa shape index (κ2) is 5.05. The van der Waals surface area contributed by atoms with Gasteiger partial charge in [0.15, 0.2) is 5.78 Å². The minimum Gasteiger partial charge on any atom is -0.309 e. The van der Waals surface area contributed by atoms with Gasteiger partial charge in [-0.25, -0.2) is 0 Å². The van der Waals surface area contributed by atoms with Crippen molar-refractivity contribution in [1.29, 1.82) is 0 Å². The SMILES string of the molecule is O=C1CNCCN(Cc2ccccc2)C1. The van der Waals surface area contributed by atoms with E-state index in [0.717, 1.165) is 19.6 Å². The number of nitrogens with one attached hydrogen (secondary N) is 1. The van der Waals surface area contributed by atoms with Gasteiger partial charge in [-0.1, -0.05) is 30.3 Å². The van der Waals surface area contributed by atoms with Crippen LogP contribution < -0.4 is 5.32 Å². The maximum Gasteiger partial charge on any atom is 0.160 e. The van der Waals surface area contributed by atoms with Gasteiger partial charge in [-0.2, -0.15) is 0 Å². The lowest BCUT2D eigenvalue weighted by Crippen LogP contribution is -2.29. The summed E-state index contributed by atoms with van der Waals surface area (Å²) >= 11 is 0. The Morgan fingerprint density at radius 3 is 2.87 bits per heavy atom. The van der Waals surface area contributed by atoms with Crippen molar-refractivity contribution in [3.05, 3.63) is 35.9 Å². The Bertz CT molecular complexity index is 324. The van der Waals surface area contributed by atoms with Gasteiger partial charge in [0.05, 0.1) is 13.1 Å². The summed E-state index contributed by atoms with van der Waals surface area (Å²) in [6.45, 7) is 3.81. The molecule has 1 aromatic rings. The van der Waals surface area contributed by atoms with Crippen molar-refractivity contribution in [1.82, 2.24) is 10.2 Å². The summed E-state index contributed by atoms with van der Waals surface area (Å²) in [4.78, 5) is 13.6. The van der Waals surface area contributed by atoms with E-state index in [4.69, 9.17) is 0 Å². The molecule has 2 rings (SSSR count). The van der Waals surface area contributed by atoms with Crippen molar-refractivity contribution < 1.29 is 4.79 Å². The van der Waals surface area contributed by atoms with Gasteiger partial charge in [-0.15, -0.1) is 0 Å². The number of hydrogen-bond acceptors (Lipinski definition) is 3. The first-order chi connectivity index (χ1) is 7.34. The summed E-state index contributed by atoms with van der Waals surface area (Å²) < 4.78 is 0. The van der Waals surface area contributed by atoms with E-state index in [9.17, 15) is 4.79 Å². The lowest BCUT2D eigenvalue weighted by atomic mass is 10.2. The van der Waals surface area contributed by atoms with Gasteiger partial charge in [-0.3, -0.25) is 9.69 Å². The van der Waals surface area contributed by atoms with Gasteiger partial charge in [0.2, 0.25) is 0 Å². The average molecular weight is 204 g/mol. The fraction of sp³-hybridized carbons (Fsp3) is 0.417. The smallest absolute Gasteiger partial charge is 0.160 e. The molecule has 0 aliphatic carbocycles. The minimum absolute atomic E-state index is 0.281. The second-order valence-corrected chi connectivity index (χ2v) is 3.91. The highest BCUT2D eigenvalue weighted by atomic mass is 16.1. The Balaban J connectivity index is 1.96. The fourth-order valence-electron chi connectivity index (χ4n) is 1.83. The van der Waals surface area contributed by atoms with Gasteiger partial charge >= 0.3 is 0 Å². The van der Waals surface area contributed by atoms with Crippen LogP contribution in [0.5, 0.6) is 0 Å². The Morgan fingerprint density at radius 2 is 2.07 bits per heavy atom. The quantitative estimate of drug-likeness (QED) is 0.768. The van der Waals surface area contributed by atoms with Crippen molar-refractivity contribution in [2.45, 2.75) is 6.54 Å². The number of benzene rings is 1. The minimum atomic E-state index is 0.281. The molecular formula is C12H16N2O. The molecule has 1 aromatic carbocycles. The van der Waals surface area contributed by atoms with Gasteiger partial charge in [0, 0.05) is 19.6 Å². The maximum atomic E-state index is 11.4. The third-order valence-corrected chi connectivity index (χ3v) is 2.58. The molecule has 1 aliphatic rings. The topological polar surface area (TPSA) is 32.3 Å². The molecule has 0 bridgehead atoms. The second-order valence-electron chi connectivity index (χ2n) is 3.91. The Labute approximate surface area is 90.1 Å². The fourth-order valence-corrected chi connectivity index (χ4v) is 1.83. The van der Waals surface area contributed by atoms with Crippen LogP contribution in [0.3, 0.4) is 0 Å². The van der Waals surface area contributed by atoms with Crippen LogP contribution >= 0.6 is 0 Å². The summed E-state index contributed by atoms with van der Waals surface area (Å²) in [7, 11) is 0. The lowest BCUT2D eigenvalue weighted by Gasteiger charge is -2.18. The molecule has 1 saturated heterocycles. The molecule has 3 heteroatoms. The molecule has 1 fully saturated rings. The van der Waals surface area contributed by atoms with E-state index in [2.05, 4.69) is 22.3 Å². The molecule has 0 unspecified atom stereocenters. The molecule has 0 aromatic heterocycles. The van der Waals surface area contributed by atoms with Crippen molar-refractivity contribution in [2.75, 3.05) is 26.2 Å². The Morgan fingerprint density at radius 1 is 1.27 bits per heavy atom. The van der Waals surface area contributed by atoms with E-state index in [1.54, 1.807) is 0 Å². The highest BCUT2D eigenvalue weighted by molar-refractivity contribution is 5.82. The van der Waals surface area contributed by atoms with Crippen LogP contribution in [-0.4, -0.2) is 36.9 Å². The molecule has 0 saturated carbocycles. The van der Waals surface area contributed by atoms with E-state index in [0.29, 0.717) is 13.1 Å². The highest BCUT2D eigenvalue weighted by Crippen LogP contribution is 2.04. The number of rotatable bonds is 2. The molecule has 15 heavy (non-hydrogen) atoms. The monoisotopic (exact) mass is 204 g/mol. The van der Waals surface area contributed by atoms with Crippen molar-refractivity contribution >= 4 is 5.78 Å². The molecule has 0 amide bonds. The molecular weight excluding hydrogens is 188 g/mol. The summed E-state index contributed by atoms with van der Waals surface area (Å²) in [5.41, 5.74) is 1.27. The standard InChI is InChI=1S/C12H16N2O/c15-12-8-13-6-7-14(10-12)9-11-4-2-1-3-5-11/h1-5,13H,6-10H2. The van der Waals surface area contributed by atoms with Crippen LogP contribution in [-0.2, 0) is 11.3 Å². The first-order valence-electron chi connectivity index (χ1n) is 5.33. The summed E-state index contributed by atoms with van der Waals surface area (Å²) in [6, 6.07) is 10.3. The number of ketones is 1. The normalized spacial score (nSPS) is 18.8. The van der Waals surface area contributed by atoms with Gasteiger partial charge < -0.3 is 5.32 Å². The number of carbonyl (C=O) groups excluding carboxylic acids is 1. The number of nitrogens with zero attached hydrogens (tertiary/aromatic N) is 1. The molecule has 1 N–H and O–H groups in total. The molecule has 0 atom stereocenters. The van der Waals surface area contributed by atoms with Crippen molar-refractivity contribution in [3.63, 3.8) is 0 Å². The zero-order valence-electron chi connectivity index (χ0n) is 8.78. The molecule has 3 nitrogen and oxygen atoms in total. The average Bonchev–Trinajstić information content (AvgIpc) is 2.44. The van der Waals surface area contributed by atoms with Crippen LogP contribution in [0.1, 0.15) is 5.56 Å². The maximum absolute atomic E-state index is 11.4. The lowest BCUT2D eigenvalue weighted by molar-refractivity contribution is -0.118. The number of hydrogen-bond donors (Lipinski definition) is 1. The predicted octanol–water partition coefficient (Wildman–Crippen LogP) is 0.661. The third kappa shape index (κ3) is 3.15.